The zero-order chi connectivity index (χ0) is 17.6. The molecule has 128 valence electrons. The van der Waals surface area contributed by atoms with Crippen molar-refractivity contribution in [2.45, 2.75) is 13.1 Å². The van der Waals surface area contributed by atoms with Gasteiger partial charge in [0.05, 0.1) is 0 Å². The molecule has 3 aromatic carbocycles. The van der Waals surface area contributed by atoms with Crippen molar-refractivity contribution in [3.63, 3.8) is 0 Å². The van der Waals surface area contributed by atoms with Gasteiger partial charge in [0, 0.05) is 35.1 Å². The van der Waals surface area contributed by atoms with Crippen LogP contribution in [0.3, 0.4) is 0 Å². The quantitative estimate of drug-likeness (QED) is 0.578. The Kier molecular flexibility index (Phi) is 5.51. The molecule has 0 unspecified atom stereocenters. The first-order chi connectivity index (χ1) is 12.1. The zero-order valence-electron chi connectivity index (χ0n) is 13.4. The molecular weight excluding hydrogens is 342 g/mol. The molecule has 0 aliphatic carbocycles. The maximum absolute atomic E-state index is 13.7. The molecule has 0 radical (unpaired) electrons. The van der Waals surface area contributed by atoms with E-state index in [1.807, 2.05) is 48.5 Å². The predicted molar refractivity (Wildman–Crippen MR) is 98.9 cm³/mol. The average molecular weight is 359 g/mol. The van der Waals surface area contributed by atoms with E-state index in [1.54, 1.807) is 0 Å². The molecule has 0 saturated carbocycles. The summed E-state index contributed by atoms with van der Waals surface area (Å²) in [5.41, 5.74) is 2.77. The highest BCUT2D eigenvalue weighted by Crippen LogP contribution is 2.19. The maximum Gasteiger partial charge on any atom is 0.131 e. The van der Waals surface area contributed by atoms with Crippen molar-refractivity contribution in [3.05, 3.63) is 94.5 Å². The highest BCUT2D eigenvalue weighted by molar-refractivity contribution is 6.30. The van der Waals surface area contributed by atoms with Gasteiger partial charge < -0.3 is 10.6 Å². The minimum Gasteiger partial charge on any atom is -0.381 e. The fourth-order valence-corrected chi connectivity index (χ4v) is 2.69. The minimum atomic E-state index is -0.553. The molecule has 0 saturated heterocycles. The van der Waals surface area contributed by atoms with Gasteiger partial charge in [0.2, 0.25) is 0 Å². The Labute approximate surface area is 150 Å². The van der Waals surface area contributed by atoms with Crippen molar-refractivity contribution in [1.29, 1.82) is 0 Å². The smallest absolute Gasteiger partial charge is 0.131 e. The van der Waals surface area contributed by atoms with E-state index in [4.69, 9.17) is 11.6 Å². The monoisotopic (exact) mass is 358 g/mol. The SMILES string of the molecule is Fc1cccc(F)c1CNc1cccc(NCc2cccc(Cl)c2)c1. The Morgan fingerprint density at radius 2 is 1.32 bits per heavy atom. The lowest BCUT2D eigenvalue weighted by atomic mass is 10.2. The van der Waals surface area contributed by atoms with Crippen LogP contribution in [0.15, 0.2) is 66.7 Å². The van der Waals surface area contributed by atoms with Crippen LogP contribution in [-0.4, -0.2) is 0 Å². The summed E-state index contributed by atoms with van der Waals surface area (Å²) in [6.07, 6.45) is 0. The fourth-order valence-electron chi connectivity index (χ4n) is 2.48. The highest BCUT2D eigenvalue weighted by Gasteiger charge is 2.07. The van der Waals surface area contributed by atoms with Crippen LogP contribution < -0.4 is 10.6 Å². The van der Waals surface area contributed by atoms with E-state index in [9.17, 15) is 8.78 Å². The van der Waals surface area contributed by atoms with E-state index in [2.05, 4.69) is 10.6 Å². The second-order valence-electron chi connectivity index (χ2n) is 5.62. The standard InChI is InChI=1S/C20H17ClF2N2/c21-15-5-1-4-14(10-15)12-24-16-6-2-7-17(11-16)25-13-18-19(22)8-3-9-20(18)23/h1-11,24-25H,12-13H2. The first-order valence-corrected chi connectivity index (χ1v) is 8.25. The Morgan fingerprint density at radius 3 is 2.00 bits per heavy atom. The van der Waals surface area contributed by atoms with Gasteiger partial charge in [-0.05, 0) is 48.0 Å². The van der Waals surface area contributed by atoms with Gasteiger partial charge in [-0.15, -0.1) is 0 Å². The van der Waals surface area contributed by atoms with Gasteiger partial charge in [-0.1, -0.05) is 35.9 Å². The van der Waals surface area contributed by atoms with Crippen molar-refractivity contribution in [2.24, 2.45) is 0 Å². The molecule has 0 atom stereocenters. The Bertz CT molecular complexity index is 848. The lowest BCUT2D eigenvalue weighted by molar-refractivity contribution is 0.560. The third kappa shape index (κ3) is 4.70. The molecule has 3 aromatic rings. The van der Waals surface area contributed by atoms with E-state index < -0.39 is 11.6 Å². The summed E-state index contributed by atoms with van der Waals surface area (Å²) in [5, 5.41) is 7.05. The van der Waals surface area contributed by atoms with Crippen LogP contribution in [0.1, 0.15) is 11.1 Å². The molecule has 0 bridgehead atoms. The van der Waals surface area contributed by atoms with E-state index in [0.29, 0.717) is 11.6 Å². The van der Waals surface area contributed by atoms with Crippen LogP contribution in [0.25, 0.3) is 0 Å². The topological polar surface area (TPSA) is 24.1 Å². The van der Waals surface area contributed by atoms with Gasteiger partial charge in [-0.25, -0.2) is 8.78 Å². The summed E-state index contributed by atoms with van der Waals surface area (Å²) < 4.78 is 27.3. The molecule has 2 nitrogen and oxygen atoms in total. The second kappa shape index (κ2) is 7.99. The van der Waals surface area contributed by atoms with Crippen molar-refractivity contribution in [2.75, 3.05) is 10.6 Å². The summed E-state index contributed by atoms with van der Waals surface area (Å²) in [7, 11) is 0. The number of hydrogen-bond acceptors (Lipinski definition) is 2. The van der Waals surface area contributed by atoms with E-state index in [0.717, 1.165) is 16.9 Å². The molecule has 0 amide bonds. The number of hydrogen-bond donors (Lipinski definition) is 2. The third-order valence-corrected chi connectivity index (χ3v) is 4.01. The molecule has 0 aromatic heterocycles. The molecule has 0 spiro atoms. The average Bonchev–Trinajstić information content (AvgIpc) is 2.60. The highest BCUT2D eigenvalue weighted by atomic mass is 35.5. The summed E-state index contributed by atoms with van der Waals surface area (Å²) in [4.78, 5) is 0. The van der Waals surface area contributed by atoms with Crippen LogP contribution in [0.5, 0.6) is 0 Å². The first kappa shape index (κ1) is 17.2. The van der Waals surface area contributed by atoms with Gasteiger partial charge in [0.25, 0.3) is 0 Å². The van der Waals surface area contributed by atoms with Crippen molar-refractivity contribution in [3.8, 4) is 0 Å². The number of benzene rings is 3. The molecule has 3 rings (SSSR count). The summed E-state index contributed by atoms with van der Waals surface area (Å²) >= 11 is 5.98. The summed E-state index contributed by atoms with van der Waals surface area (Å²) in [6.45, 7) is 0.711. The Balaban J connectivity index is 1.63. The van der Waals surface area contributed by atoms with Crippen LogP contribution in [0.2, 0.25) is 5.02 Å². The van der Waals surface area contributed by atoms with Crippen LogP contribution in [-0.2, 0) is 13.1 Å². The normalized spacial score (nSPS) is 10.5. The van der Waals surface area contributed by atoms with Crippen LogP contribution in [0, 0.1) is 11.6 Å². The molecule has 0 aliphatic heterocycles. The number of halogens is 3. The van der Waals surface area contributed by atoms with Crippen LogP contribution >= 0.6 is 11.6 Å². The molecule has 2 N–H and O–H groups in total. The number of nitrogens with one attached hydrogen (secondary N) is 2. The second-order valence-corrected chi connectivity index (χ2v) is 6.05. The largest absolute Gasteiger partial charge is 0.381 e. The van der Waals surface area contributed by atoms with Crippen molar-refractivity contribution in [1.82, 2.24) is 0 Å². The Morgan fingerprint density at radius 1 is 0.720 bits per heavy atom. The molecule has 0 heterocycles. The lowest BCUT2D eigenvalue weighted by Crippen LogP contribution is -2.05. The lowest BCUT2D eigenvalue weighted by Gasteiger charge is -2.11. The fraction of sp³-hybridized carbons (Fsp3) is 0.100. The summed E-state index contributed by atoms with van der Waals surface area (Å²) in [5.74, 6) is -1.11. The van der Waals surface area contributed by atoms with Gasteiger partial charge in [-0.2, -0.15) is 0 Å². The number of rotatable bonds is 6. The molecule has 25 heavy (non-hydrogen) atoms. The summed E-state index contributed by atoms with van der Waals surface area (Å²) in [6, 6.07) is 19.0. The van der Waals surface area contributed by atoms with E-state index in [1.165, 1.54) is 18.2 Å². The van der Waals surface area contributed by atoms with Gasteiger partial charge in [-0.3, -0.25) is 0 Å². The van der Waals surface area contributed by atoms with Gasteiger partial charge >= 0.3 is 0 Å². The van der Waals surface area contributed by atoms with E-state index in [-0.39, 0.29) is 12.1 Å². The molecule has 0 fully saturated rings. The van der Waals surface area contributed by atoms with E-state index >= 15 is 0 Å². The Hall–Kier alpha value is -2.59. The van der Waals surface area contributed by atoms with Crippen LogP contribution in [0.4, 0.5) is 20.2 Å². The molecule has 5 heteroatoms. The van der Waals surface area contributed by atoms with Gasteiger partial charge in [0.15, 0.2) is 0 Å². The van der Waals surface area contributed by atoms with Gasteiger partial charge in [0.1, 0.15) is 11.6 Å². The molecule has 0 aliphatic rings. The minimum absolute atomic E-state index is 0.0276. The third-order valence-electron chi connectivity index (χ3n) is 3.78. The molecular formula is C20H17ClF2N2. The number of anilines is 2. The van der Waals surface area contributed by atoms with Crippen molar-refractivity contribution < 1.29 is 8.78 Å². The van der Waals surface area contributed by atoms with Crippen molar-refractivity contribution >= 4 is 23.0 Å². The maximum atomic E-state index is 13.7. The zero-order valence-corrected chi connectivity index (χ0v) is 14.2. The predicted octanol–water partition coefficient (Wildman–Crippen LogP) is 5.84. The first-order valence-electron chi connectivity index (χ1n) is 7.87.